The second kappa shape index (κ2) is 9.37. The van der Waals surface area contributed by atoms with Crippen LogP contribution in [0.25, 0.3) is 0 Å². The van der Waals surface area contributed by atoms with Crippen molar-refractivity contribution in [2.24, 2.45) is 5.92 Å². The van der Waals surface area contributed by atoms with Gasteiger partial charge in [0.05, 0.1) is 6.04 Å². The van der Waals surface area contributed by atoms with Gasteiger partial charge in [-0.25, -0.2) is 4.79 Å². The first-order valence-electron chi connectivity index (χ1n) is 9.79. The molecular weight excluding hydrogens is 440 g/mol. The normalized spacial score (nSPS) is 18.6. The molecular formula is C21H33BrN2O3S. The number of carbonyl (C=O) groups excluding carboxylic acids is 1. The summed E-state index contributed by atoms with van der Waals surface area (Å²) in [5.41, 5.74) is 0.618. The quantitative estimate of drug-likeness (QED) is 0.612. The fourth-order valence-corrected chi connectivity index (χ4v) is 4.61. The summed E-state index contributed by atoms with van der Waals surface area (Å²) in [7, 11) is 0. The summed E-state index contributed by atoms with van der Waals surface area (Å²) in [6.07, 6.45) is 1.41. The highest BCUT2D eigenvalue weighted by molar-refractivity contribution is 9.10. The van der Waals surface area contributed by atoms with Crippen LogP contribution in [0.15, 0.2) is 28.7 Å². The zero-order valence-electron chi connectivity index (χ0n) is 17.8. The Morgan fingerprint density at radius 3 is 2.29 bits per heavy atom. The molecule has 0 saturated carbocycles. The van der Waals surface area contributed by atoms with Gasteiger partial charge >= 0.3 is 6.09 Å². The van der Waals surface area contributed by atoms with Crippen molar-refractivity contribution in [1.29, 1.82) is 0 Å². The number of nitrogens with zero attached hydrogens (tertiary/aromatic N) is 1. The molecule has 1 amide bonds. The number of hydrogen-bond donors (Lipinski definition) is 1. The van der Waals surface area contributed by atoms with E-state index in [2.05, 4.69) is 26.7 Å². The van der Waals surface area contributed by atoms with Crippen LogP contribution in [0.4, 0.5) is 4.79 Å². The van der Waals surface area contributed by atoms with E-state index in [1.807, 2.05) is 59.7 Å². The maximum atomic E-state index is 12.8. The summed E-state index contributed by atoms with van der Waals surface area (Å²) in [5, 5.41) is 0. The maximum absolute atomic E-state index is 12.8. The van der Waals surface area contributed by atoms with Crippen molar-refractivity contribution in [3.05, 3.63) is 34.3 Å². The number of piperidine rings is 1. The molecule has 1 saturated heterocycles. The average molecular weight is 473 g/mol. The first-order valence-corrected chi connectivity index (χ1v) is 11.7. The van der Waals surface area contributed by atoms with Gasteiger partial charge in [0.2, 0.25) is 0 Å². The summed E-state index contributed by atoms with van der Waals surface area (Å²) in [4.78, 5) is 14.1. The highest BCUT2D eigenvalue weighted by Crippen LogP contribution is 2.36. The van der Waals surface area contributed by atoms with Crippen LogP contribution in [-0.4, -0.2) is 39.0 Å². The molecule has 1 unspecified atom stereocenters. The fraction of sp³-hybridized carbons (Fsp3) is 0.667. The lowest BCUT2D eigenvalue weighted by atomic mass is 9.86. The summed E-state index contributed by atoms with van der Waals surface area (Å²) in [6.45, 7) is 12.8. The Labute approximate surface area is 181 Å². The Hall–Kier alpha value is -0.760. The lowest BCUT2D eigenvalue weighted by molar-refractivity contribution is 0.0172. The molecule has 1 aliphatic heterocycles. The highest BCUT2D eigenvalue weighted by atomic mass is 79.9. The van der Waals surface area contributed by atoms with Crippen LogP contribution in [0.2, 0.25) is 0 Å². The van der Waals surface area contributed by atoms with E-state index in [0.717, 1.165) is 22.9 Å². The molecule has 0 aromatic heterocycles. The smallest absolute Gasteiger partial charge is 0.410 e. The minimum Gasteiger partial charge on any atom is -0.598 e. The molecule has 158 valence electrons. The van der Waals surface area contributed by atoms with E-state index in [0.29, 0.717) is 13.1 Å². The predicted octanol–water partition coefficient (Wildman–Crippen LogP) is 5.19. The van der Waals surface area contributed by atoms with Gasteiger partial charge in [-0.05, 0) is 71.9 Å². The molecule has 0 radical (unpaired) electrons. The van der Waals surface area contributed by atoms with Crippen molar-refractivity contribution in [3.8, 4) is 0 Å². The zero-order valence-corrected chi connectivity index (χ0v) is 20.2. The molecule has 0 bridgehead atoms. The summed E-state index contributed by atoms with van der Waals surface area (Å²) >= 11 is 2.46. The topological polar surface area (TPSA) is 64.6 Å². The number of rotatable bonds is 4. The zero-order chi connectivity index (χ0) is 21.1. The number of likely N-dealkylation sites (tertiary alicyclic amines) is 1. The third-order valence-electron chi connectivity index (χ3n) is 4.69. The van der Waals surface area contributed by atoms with Crippen LogP contribution in [0.5, 0.6) is 0 Å². The van der Waals surface area contributed by atoms with Gasteiger partial charge in [0.15, 0.2) is 0 Å². The number of halogens is 1. The number of carbonyl (C=O) groups is 1. The van der Waals surface area contributed by atoms with Gasteiger partial charge in [0.25, 0.3) is 0 Å². The second-order valence-electron chi connectivity index (χ2n) is 9.30. The third-order valence-corrected chi connectivity index (χ3v) is 7.00. The molecule has 0 aliphatic carbocycles. The van der Waals surface area contributed by atoms with Crippen LogP contribution < -0.4 is 4.72 Å². The van der Waals surface area contributed by atoms with Crippen LogP contribution >= 0.6 is 15.9 Å². The van der Waals surface area contributed by atoms with E-state index < -0.39 is 17.0 Å². The van der Waals surface area contributed by atoms with Gasteiger partial charge < -0.3 is 14.2 Å². The molecule has 28 heavy (non-hydrogen) atoms. The van der Waals surface area contributed by atoms with Gasteiger partial charge in [0.1, 0.15) is 10.3 Å². The standard InChI is InChI=1S/C21H33BrN2O3S/c1-20(2,3)27-19(25)24-13-11-15(12-14-24)18(23-28(26)21(4,5)6)16-9-7-8-10-17(16)22/h7-10,15,18,23H,11-14H2,1-6H3/t18-,28?/m1/s1. The van der Waals surface area contributed by atoms with E-state index in [4.69, 9.17) is 4.74 Å². The van der Waals surface area contributed by atoms with E-state index in [9.17, 15) is 9.35 Å². The van der Waals surface area contributed by atoms with Gasteiger partial charge in [-0.1, -0.05) is 34.1 Å². The number of amides is 1. The highest BCUT2D eigenvalue weighted by Gasteiger charge is 2.37. The van der Waals surface area contributed by atoms with Crippen LogP contribution in [0.1, 0.15) is 66.0 Å². The molecule has 1 fully saturated rings. The minimum atomic E-state index is -1.18. The molecule has 1 N–H and O–H groups in total. The summed E-state index contributed by atoms with van der Waals surface area (Å²) in [5.74, 6) is 0.281. The van der Waals surface area contributed by atoms with Crippen LogP contribution in [0, 0.1) is 5.92 Å². The Bertz CT molecular complexity index is 664. The first kappa shape index (κ1) is 23.5. The van der Waals surface area contributed by atoms with Gasteiger partial charge in [-0.3, -0.25) is 0 Å². The first-order chi connectivity index (χ1) is 12.9. The Kier molecular flexibility index (Phi) is 7.87. The van der Waals surface area contributed by atoms with E-state index in [1.165, 1.54) is 0 Å². The number of hydrogen-bond acceptors (Lipinski definition) is 4. The molecule has 7 heteroatoms. The third kappa shape index (κ3) is 6.65. The van der Waals surface area contributed by atoms with Gasteiger partial charge in [-0.15, -0.1) is 4.72 Å². The SMILES string of the molecule is CC(C)(C)OC(=O)N1CCC([C@@H](N[S+]([O-])C(C)(C)C)c2ccccc2Br)CC1. The van der Waals surface area contributed by atoms with Crippen molar-refractivity contribution in [1.82, 2.24) is 9.62 Å². The number of benzene rings is 1. The number of ether oxygens (including phenoxy) is 1. The number of nitrogens with one attached hydrogen (secondary N) is 1. The summed E-state index contributed by atoms with van der Waals surface area (Å²) < 4.78 is 22.4. The molecule has 2 rings (SSSR count). The van der Waals surface area contributed by atoms with Crippen LogP contribution in [-0.2, 0) is 16.1 Å². The van der Waals surface area contributed by atoms with Crippen molar-refractivity contribution in [2.75, 3.05) is 13.1 Å². The van der Waals surface area contributed by atoms with Crippen molar-refractivity contribution < 1.29 is 14.1 Å². The molecule has 1 heterocycles. The Morgan fingerprint density at radius 2 is 1.79 bits per heavy atom. The summed E-state index contributed by atoms with van der Waals surface area (Å²) in [6, 6.07) is 8.03. The van der Waals surface area contributed by atoms with Crippen LogP contribution in [0.3, 0.4) is 0 Å². The van der Waals surface area contributed by atoms with Gasteiger partial charge in [-0.2, -0.15) is 0 Å². The second-order valence-corrected chi connectivity index (χ2v) is 12.2. The molecule has 1 aromatic carbocycles. The molecule has 0 spiro atoms. The average Bonchev–Trinajstić information content (AvgIpc) is 2.58. The lowest BCUT2D eigenvalue weighted by Crippen LogP contribution is -2.47. The molecule has 1 aromatic rings. The molecule has 1 aliphatic rings. The van der Waals surface area contributed by atoms with Crippen molar-refractivity contribution in [3.63, 3.8) is 0 Å². The van der Waals surface area contributed by atoms with E-state index in [1.54, 1.807) is 4.90 Å². The Morgan fingerprint density at radius 1 is 1.21 bits per heavy atom. The molecule has 5 nitrogen and oxygen atoms in total. The largest absolute Gasteiger partial charge is 0.598 e. The van der Waals surface area contributed by atoms with E-state index >= 15 is 0 Å². The molecule has 2 atom stereocenters. The van der Waals surface area contributed by atoms with Crippen molar-refractivity contribution in [2.45, 2.75) is 70.8 Å². The Balaban J connectivity index is 2.13. The fourth-order valence-electron chi connectivity index (χ4n) is 3.17. The lowest BCUT2D eigenvalue weighted by Gasteiger charge is -2.38. The predicted molar refractivity (Wildman–Crippen MR) is 118 cm³/mol. The monoisotopic (exact) mass is 472 g/mol. The minimum absolute atomic E-state index is 0.0450. The van der Waals surface area contributed by atoms with Crippen molar-refractivity contribution >= 4 is 33.4 Å². The van der Waals surface area contributed by atoms with E-state index in [-0.39, 0.29) is 22.8 Å². The van der Waals surface area contributed by atoms with Gasteiger partial charge in [0, 0.05) is 28.9 Å². The maximum Gasteiger partial charge on any atom is 0.410 e.